The molecular formula is C23H28F3N3O5S. The molecule has 192 valence electrons. The first kappa shape index (κ1) is 24.4. The van der Waals surface area contributed by atoms with E-state index >= 15 is 0 Å². The van der Waals surface area contributed by atoms with Crippen molar-refractivity contribution in [1.82, 2.24) is 15.1 Å². The Kier molecular flexibility index (Phi) is 5.82. The molecule has 0 aromatic heterocycles. The Morgan fingerprint density at radius 1 is 1.20 bits per heavy atom. The summed E-state index contributed by atoms with van der Waals surface area (Å²) >= 11 is 0. The molecule has 8 nitrogen and oxygen atoms in total. The van der Waals surface area contributed by atoms with Crippen LogP contribution in [0.25, 0.3) is 0 Å². The molecule has 4 aliphatic rings. The van der Waals surface area contributed by atoms with Gasteiger partial charge in [-0.3, -0.25) is 4.79 Å². The van der Waals surface area contributed by atoms with Crippen molar-refractivity contribution in [3.05, 3.63) is 29.3 Å². The van der Waals surface area contributed by atoms with Crippen molar-refractivity contribution in [2.75, 3.05) is 39.0 Å². The van der Waals surface area contributed by atoms with Crippen molar-refractivity contribution < 1.29 is 35.9 Å². The van der Waals surface area contributed by atoms with E-state index in [2.05, 4.69) is 5.32 Å². The second-order valence-corrected chi connectivity index (χ2v) is 12.5. The minimum atomic E-state index is -4.62. The second kappa shape index (κ2) is 8.36. The molecule has 1 aliphatic carbocycles. The van der Waals surface area contributed by atoms with E-state index in [-0.39, 0.29) is 46.9 Å². The number of rotatable bonds is 3. The van der Waals surface area contributed by atoms with E-state index in [0.29, 0.717) is 50.7 Å². The number of amides is 3. The van der Waals surface area contributed by atoms with Gasteiger partial charge in [-0.05, 0) is 55.4 Å². The van der Waals surface area contributed by atoms with Crippen molar-refractivity contribution in [2.45, 2.75) is 48.9 Å². The third-order valence-electron chi connectivity index (χ3n) is 7.61. The molecule has 1 aromatic rings. The molecule has 0 bridgehead atoms. The topological polar surface area (TPSA) is 96.0 Å². The normalized spacial score (nSPS) is 26.6. The number of nitrogens with one attached hydrogen (secondary N) is 1. The largest absolute Gasteiger partial charge is 0.416 e. The number of ether oxygens (including phenoxy) is 1. The lowest BCUT2D eigenvalue weighted by molar-refractivity contribution is -0.140. The summed E-state index contributed by atoms with van der Waals surface area (Å²) in [5, 5.41) is 2.89. The van der Waals surface area contributed by atoms with Crippen molar-refractivity contribution in [1.29, 1.82) is 0 Å². The van der Waals surface area contributed by atoms with Gasteiger partial charge in [-0.25, -0.2) is 13.2 Å². The van der Waals surface area contributed by atoms with Crippen molar-refractivity contribution in [3.8, 4) is 0 Å². The summed E-state index contributed by atoms with van der Waals surface area (Å²) in [6.45, 7) is 2.25. The second-order valence-electron chi connectivity index (χ2n) is 10.5. The Hall–Kier alpha value is -2.34. The van der Waals surface area contributed by atoms with Crippen LogP contribution in [0.3, 0.4) is 0 Å². The SMILES string of the molecule is CS(=O)(=O)c1cc(CC2CC3(C2)CN(C(=O)N2CC[C@@H]4OCC(=O)N[C@@H]4C2)C3)cc(C(F)(F)F)c1. The summed E-state index contributed by atoms with van der Waals surface area (Å²) in [4.78, 5) is 27.7. The molecule has 0 radical (unpaired) electrons. The maximum absolute atomic E-state index is 13.3. The monoisotopic (exact) mass is 515 g/mol. The summed E-state index contributed by atoms with van der Waals surface area (Å²) in [5.41, 5.74) is -0.595. The highest BCUT2D eigenvalue weighted by Crippen LogP contribution is 2.53. The van der Waals surface area contributed by atoms with Gasteiger partial charge in [0.2, 0.25) is 5.91 Å². The van der Waals surface area contributed by atoms with Crippen molar-refractivity contribution in [2.24, 2.45) is 11.3 Å². The molecular weight excluding hydrogens is 487 g/mol. The van der Waals surface area contributed by atoms with Gasteiger partial charge in [0, 0.05) is 37.8 Å². The summed E-state index contributed by atoms with van der Waals surface area (Å²) < 4.78 is 69.1. The molecule has 12 heteroatoms. The Bertz CT molecular complexity index is 1140. The average molecular weight is 516 g/mol. The molecule has 3 saturated heterocycles. The van der Waals surface area contributed by atoms with Crippen molar-refractivity contribution in [3.63, 3.8) is 0 Å². The number of piperidine rings is 1. The van der Waals surface area contributed by atoms with Crippen LogP contribution in [-0.4, -0.2) is 81.3 Å². The fourth-order valence-corrected chi connectivity index (χ4v) is 6.74. The van der Waals surface area contributed by atoms with Gasteiger partial charge < -0.3 is 19.9 Å². The lowest BCUT2D eigenvalue weighted by Crippen LogP contribution is -2.68. The number of morpholine rings is 1. The Morgan fingerprint density at radius 2 is 1.91 bits per heavy atom. The van der Waals surface area contributed by atoms with Crippen LogP contribution >= 0.6 is 0 Å². The number of hydrogen-bond donors (Lipinski definition) is 1. The van der Waals surface area contributed by atoms with Gasteiger partial charge in [0.25, 0.3) is 0 Å². The van der Waals surface area contributed by atoms with Crippen LogP contribution in [0.2, 0.25) is 0 Å². The van der Waals surface area contributed by atoms with Gasteiger partial charge in [-0.1, -0.05) is 0 Å². The Balaban J connectivity index is 1.15. The van der Waals surface area contributed by atoms with Gasteiger partial charge in [0.1, 0.15) is 6.61 Å². The van der Waals surface area contributed by atoms with Crippen LogP contribution < -0.4 is 5.32 Å². The van der Waals surface area contributed by atoms with E-state index in [4.69, 9.17) is 4.74 Å². The molecule has 1 saturated carbocycles. The van der Waals surface area contributed by atoms with E-state index in [9.17, 15) is 31.2 Å². The molecule has 1 aromatic carbocycles. The Morgan fingerprint density at radius 3 is 2.57 bits per heavy atom. The zero-order valence-electron chi connectivity index (χ0n) is 19.3. The molecule has 0 unspecified atom stereocenters. The zero-order chi connectivity index (χ0) is 25.2. The van der Waals surface area contributed by atoms with Crippen LogP contribution in [-0.2, 0) is 32.0 Å². The van der Waals surface area contributed by atoms with Crippen LogP contribution in [0.4, 0.5) is 18.0 Å². The lowest BCUT2D eigenvalue weighted by atomic mass is 9.56. The lowest BCUT2D eigenvalue weighted by Gasteiger charge is -2.60. The van der Waals surface area contributed by atoms with E-state index in [1.165, 1.54) is 6.07 Å². The number of halogens is 3. The van der Waals surface area contributed by atoms with Gasteiger partial charge in [-0.2, -0.15) is 13.2 Å². The van der Waals surface area contributed by atoms with Gasteiger partial charge in [0.05, 0.1) is 22.6 Å². The van der Waals surface area contributed by atoms with Gasteiger partial charge in [0.15, 0.2) is 9.84 Å². The number of benzene rings is 1. The number of carbonyl (C=O) groups is 2. The highest BCUT2D eigenvalue weighted by atomic mass is 32.2. The van der Waals surface area contributed by atoms with Gasteiger partial charge in [-0.15, -0.1) is 0 Å². The van der Waals surface area contributed by atoms with Crippen LogP contribution in [0.15, 0.2) is 23.1 Å². The first-order valence-corrected chi connectivity index (χ1v) is 13.6. The summed E-state index contributed by atoms with van der Waals surface area (Å²) in [5.74, 6) is -0.0260. The smallest absolute Gasteiger partial charge is 0.366 e. The van der Waals surface area contributed by atoms with E-state index in [1.54, 1.807) is 9.80 Å². The summed E-state index contributed by atoms with van der Waals surface area (Å²) in [6, 6.07) is 2.80. The fourth-order valence-electron chi connectivity index (χ4n) is 6.03. The molecule has 1 N–H and O–H groups in total. The quantitative estimate of drug-likeness (QED) is 0.665. The zero-order valence-corrected chi connectivity index (χ0v) is 20.1. The number of urea groups is 1. The molecule has 5 rings (SSSR count). The first-order valence-electron chi connectivity index (χ1n) is 11.7. The number of fused-ring (bicyclic) bond motifs is 1. The number of likely N-dealkylation sites (tertiary alicyclic amines) is 2. The number of alkyl halides is 3. The standard InChI is InChI=1S/C23H28F3N3O5S/c1-35(32,33)17-6-14(5-16(7-17)23(24,25)26)4-15-8-22(9-15)12-29(13-22)21(31)28-3-2-19-18(10-28)27-20(30)11-34-19/h5-7,15,18-19H,2-4,8-13H2,1H3,(H,27,30)/t18-,19+/m1/s1. The van der Waals surface area contributed by atoms with Crippen LogP contribution in [0.5, 0.6) is 0 Å². The predicted molar refractivity (Wildman–Crippen MR) is 118 cm³/mol. The van der Waals surface area contributed by atoms with Gasteiger partial charge >= 0.3 is 12.2 Å². The summed E-state index contributed by atoms with van der Waals surface area (Å²) in [7, 11) is -3.77. The van der Waals surface area contributed by atoms with E-state index < -0.39 is 21.6 Å². The number of nitrogens with zero attached hydrogens (tertiary/aromatic N) is 2. The fraction of sp³-hybridized carbons (Fsp3) is 0.652. The predicted octanol–water partition coefficient (Wildman–Crippen LogP) is 2.07. The van der Waals surface area contributed by atoms with Crippen molar-refractivity contribution >= 4 is 21.8 Å². The van der Waals surface area contributed by atoms with Crippen LogP contribution in [0, 0.1) is 11.3 Å². The maximum atomic E-state index is 13.3. The minimum absolute atomic E-state index is 0.0118. The minimum Gasteiger partial charge on any atom is -0.366 e. The molecule has 3 amide bonds. The molecule has 3 heterocycles. The molecule has 2 atom stereocenters. The third-order valence-corrected chi connectivity index (χ3v) is 8.70. The summed E-state index contributed by atoms with van der Waals surface area (Å²) in [6.07, 6.45) is -1.16. The Labute approximate surface area is 201 Å². The average Bonchev–Trinajstić information content (AvgIpc) is 2.72. The molecule has 3 aliphatic heterocycles. The number of carbonyl (C=O) groups excluding carboxylic acids is 2. The molecule has 35 heavy (non-hydrogen) atoms. The number of sulfone groups is 1. The first-order chi connectivity index (χ1) is 16.3. The van der Waals surface area contributed by atoms with E-state index in [1.807, 2.05) is 0 Å². The molecule has 1 spiro atoms. The van der Waals surface area contributed by atoms with Crippen LogP contribution in [0.1, 0.15) is 30.4 Å². The third kappa shape index (κ3) is 4.87. The maximum Gasteiger partial charge on any atom is 0.416 e. The highest BCUT2D eigenvalue weighted by molar-refractivity contribution is 7.90. The van der Waals surface area contributed by atoms with E-state index in [0.717, 1.165) is 25.2 Å². The molecule has 4 fully saturated rings. The number of hydrogen-bond acceptors (Lipinski definition) is 5. The highest BCUT2D eigenvalue weighted by Gasteiger charge is 2.54.